The lowest BCUT2D eigenvalue weighted by atomic mass is 9.74. The number of rotatable bonds is 18. The van der Waals surface area contributed by atoms with Crippen LogP contribution in [0.2, 0.25) is 0 Å². The van der Waals surface area contributed by atoms with Crippen molar-refractivity contribution in [3.05, 3.63) is 0 Å². The van der Waals surface area contributed by atoms with Gasteiger partial charge in [0.25, 0.3) is 0 Å². The fourth-order valence-corrected chi connectivity index (χ4v) is 4.88. The summed E-state index contributed by atoms with van der Waals surface area (Å²) in [4.78, 5) is 0. The van der Waals surface area contributed by atoms with Crippen LogP contribution in [0, 0.1) is 0 Å². The van der Waals surface area contributed by atoms with Crippen molar-refractivity contribution in [3.8, 4) is 0 Å². The molecule has 2 atom stereocenters. The van der Waals surface area contributed by atoms with E-state index in [1.54, 1.807) is 0 Å². The lowest BCUT2D eigenvalue weighted by Crippen LogP contribution is -2.89. The first-order valence-corrected chi connectivity index (χ1v) is 15.4. The van der Waals surface area contributed by atoms with Gasteiger partial charge in [-0.2, -0.15) is 220 Å². The molecule has 0 rings (SSSR count). The van der Waals surface area contributed by atoms with Gasteiger partial charge in [-0.15, -0.1) is 0 Å². The summed E-state index contributed by atoms with van der Waals surface area (Å²) < 4.78 is 695. The molecule has 0 aromatic carbocycles. The normalized spacial score (nSPS) is 18.8. The van der Waals surface area contributed by atoms with Gasteiger partial charge in [0.2, 0.25) is 0 Å². The van der Waals surface area contributed by atoms with Crippen LogP contribution in [0.5, 0.6) is 0 Å². The quantitative estimate of drug-likeness (QED) is 0.124. The van der Waals surface area contributed by atoms with Gasteiger partial charge in [0.15, 0.2) is 0 Å². The maximum absolute atomic E-state index is 15.3. The summed E-state index contributed by atoms with van der Waals surface area (Å²) in [5, 5.41) is 0. The van der Waals surface area contributed by atoms with Crippen LogP contribution in [0.3, 0.4) is 0 Å². The Kier molecular flexibility index (Phi) is 16.2. The van der Waals surface area contributed by atoms with Gasteiger partial charge in [0.1, 0.15) is 0 Å². The Morgan fingerprint density at radius 3 is 0.320 bits per heavy atom. The van der Waals surface area contributed by atoms with E-state index in [4.69, 9.17) is 0 Å². The smallest absolute Gasteiger partial charge is 0.328 e. The molecule has 51 heteroatoms. The van der Waals surface area contributed by atoms with Crippen molar-refractivity contribution in [2.24, 2.45) is 0 Å². The first-order chi connectivity index (χ1) is 31.2. The molecule has 75 heavy (non-hydrogen) atoms. The average Bonchev–Trinajstić information content (AvgIpc) is 3.10. The molecule has 0 fully saturated rings. The standard InChI is InChI=1S/C24F50O/c25-3(26,7(33,34)9(37,38)11(41,42)13(45,46)15(49,50)17(53,54)23(69,70)71)1(19(57,58)59,5(29,30)21(63,64)65)75-2(20(60,61)62,6(31,32)22(66,67)68)4(27,28)8(35,36)10(39,40)12(43,44)14(47,48)16(51,52)18(55,56)24(72,73)74. The summed E-state index contributed by atoms with van der Waals surface area (Å²) in [6, 6.07) is 0. The molecule has 452 valence electrons. The van der Waals surface area contributed by atoms with Gasteiger partial charge >= 0.3 is 143 Å². The number of hydrogen-bond acceptors (Lipinski definition) is 1. The predicted octanol–water partition coefficient (Wildman–Crippen LogP) is 16.0. The predicted molar refractivity (Wildman–Crippen MR) is 122 cm³/mol. The van der Waals surface area contributed by atoms with Gasteiger partial charge < -0.3 is 4.74 Å². The molecule has 0 aromatic rings. The van der Waals surface area contributed by atoms with Crippen LogP contribution < -0.4 is 0 Å². The van der Waals surface area contributed by atoms with E-state index in [9.17, 15) is 202 Å². The summed E-state index contributed by atoms with van der Waals surface area (Å²) in [6.45, 7) is 0. The van der Waals surface area contributed by atoms with E-state index in [1.165, 1.54) is 0 Å². The molecule has 0 N–H and O–H groups in total. The zero-order valence-corrected chi connectivity index (χ0v) is 31.3. The second kappa shape index (κ2) is 17.0. The van der Waals surface area contributed by atoms with Crippen molar-refractivity contribution in [2.75, 3.05) is 0 Å². The van der Waals surface area contributed by atoms with E-state index in [1.807, 2.05) is 0 Å². The van der Waals surface area contributed by atoms with Crippen LogP contribution in [0.15, 0.2) is 0 Å². The Morgan fingerprint density at radius 1 is 0.107 bits per heavy atom. The van der Waals surface area contributed by atoms with Crippen molar-refractivity contribution in [1.29, 1.82) is 0 Å². The molecule has 2 unspecified atom stereocenters. The van der Waals surface area contributed by atoms with E-state index in [0.717, 1.165) is 0 Å². The van der Waals surface area contributed by atoms with Crippen molar-refractivity contribution in [2.45, 2.75) is 143 Å². The molecule has 0 saturated heterocycles. The second-order valence-corrected chi connectivity index (χ2v) is 13.6. The van der Waals surface area contributed by atoms with Crippen molar-refractivity contribution in [1.82, 2.24) is 0 Å². The summed E-state index contributed by atoms with van der Waals surface area (Å²) in [5.41, 5.74) is -24.6. The second-order valence-electron chi connectivity index (χ2n) is 13.6. The Hall–Kier alpha value is -3.54. The van der Waals surface area contributed by atoms with Crippen LogP contribution in [0.4, 0.5) is 220 Å². The molecule has 0 bridgehead atoms. The molecule has 0 heterocycles. The SMILES string of the molecule is FC(F)(F)C(F)(F)C(F)(F)C(F)(F)C(F)(F)C(F)(F)C(F)(F)C(F)(F)C(OC(C(F)(F)F)(C(F)(F)C(F)(F)F)C(F)(F)C(F)(F)C(F)(F)C(F)(F)C(F)(F)C(F)(F)C(F)(F)C(F)(F)F)(C(F)(F)F)C(F)(F)C(F)(F)F. The highest BCUT2D eigenvalue weighted by Gasteiger charge is 3.07. The minimum Gasteiger partial charge on any atom is -0.328 e. The van der Waals surface area contributed by atoms with Crippen LogP contribution in [0.1, 0.15) is 0 Å². The Bertz CT molecular complexity index is 1890. The van der Waals surface area contributed by atoms with Crippen LogP contribution in [-0.2, 0) is 4.74 Å². The topological polar surface area (TPSA) is 9.23 Å². The fourth-order valence-electron chi connectivity index (χ4n) is 4.88. The Labute approximate surface area is 369 Å². The molecule has 0 radical (unpaired) electrons. The zero-order chi connectivity index (χ0) is 62.7. The third-order valence-corrected chi connectivity index (χ3v) is 9.03. The van der Waals surface area contributed by atoms with E-state index in [2.05, 4.69) is 0 Å². The molecule has 0 saturated carbocycles. The van der Waals surface area contributed by atoms with Crippen molar-refractivity contribution >= 4 is 0 Å². The first-order valence-electron chi connectivity index (χ1n) is 15.4. The van der Waals surface area contributed by atoms with Gasteiger partial charge in [0, 0.05) is 0 Å². The van der Waals surface area contributed by atoms with Crippen LogP contribution in [0.25, 0.3) is 0 Å². The third-order valence-electron chi connectivity index (χ3n) is 9.03. The van der Waals surface area contributed by atoms with Gasteiger partial charge in [-0.05, 0) is 0 Å². The Balaban J connectivity index is 10.3. The summed E-state index contributed by atoms with van der Waals surface area (Å²) >= 11 is 0. The molecule has 0 amide bonds. The molecule has 0 aliphatic heterocycles. The van der Waals surface area contributed by atoms with E-state index < -0.39 is 143 Å². The lowest BCUT2D eigenvalue weighted by Gasteiger charge is -2.56. The van der Waals surface area contributed by atoms with Crippen molar-refractivity contribution in [3.63, 3.8) is 0 Å². The molecule has 0 aliphatic carbocycles. The highest BCUT2D eigenvalue weighted by atomic mass is 19.5. The van der Waals surface area contributed by atoms with Gasteiger partial charge in [-0.25, -0.2) is 0 Å². The van der Waals surface area contributed by atoms with E-state index >= 15 is 17.6 Å². The summed E-state index contributed by atoms with van der Waals surface area (Å²) in [7, 11) is 0. The monoisotopic (exact) mass is 1250 g/mol. The van der Waals surface area contributed by atoms with Gasteiger partial charge in [-0.3, -0.25) is 0 Å². The first kappa shape index (κ1) is 71.5. The minimum absolute atomic E-state index is 0.256. The van der Waals surface area contributed by atoms with Gasteiger partial charge in [0.05, 0.1) is 0 Å². The van der Waals surface area contributed by atoms with Crippen LogP contribution >= 0.6 is 0 Å². The molecular formula is C24F50O. The summed E-state index contributed by atoms with van der Waals surface area (Å²) in [5.74, 6) is -175. The largest absolute Gasteiger partial charge is 0.460 e. The Morgan fingerprint density at radius 2 is 0.213 bits per heavy atom. The van der Waals surface area contributed by atoms with E-state index in [0.29, 0.717) is 0 Å². The number of ether oxygens (including phenoxy) is 1. The lowest BCUT2D eigenvalue weighted by molar-refractivity contribution is -0.564. The number of halogens is 50. The zero-order valence-electron chi connectivity index (χ0n) is 31.3. The molecule has 1 nitrogen and oxygen atoms in total. The number of hydrogen-bond donors (Lipinski definition) is 0. The maximum atomic E-state index is 15.3. The molecule has 0 aromatic heterocycles. The third kappa shape index (κ3) is 8.22. The highest BCUT2D eigenvalue weighted by Crippen LogP contribution is 2.75. The number of alkyl halides is 50. The molecule has 0 spiro atoms. The molecular weight excluding hydrogens is 1250 g/mol. The maximum Gasteiger partial charge on any atom is 0.460 e. The molecule has 0 aliphatic rings. The minimum atomic E-state index is -12.3. The summed E-state index contributed by atoms with van der Waals surface area (Å²) in [6.07, 6.45) is -61.2. The average molecular weight is 1250 g/mol. The highest BCUT2D eigenvalue weighted by molar-refractivity contribution is 5.29. The fraction of sp³-hybridized carbons (Fsp3) is 1.00. The van der Waals surface area contributed by atoms with Gasteiger partial charge in [-0.1, -0.05) is 0 Å². The van der Waals surface area contributed by atoms with E-state index in [-0.39, 0.29) is 4.74 Å². The van der Waals surface area contributed by atoms with Crippen molar-refractivity contribution < 1.29 is 224 Å². The van der Waals surface area contributed by atoms with Crippen LogP contribution in [-0.4, -0.2) is 143 Å².